The lowest BCUT2D eigenvalue weighted by Crippen LogP contribution is -2.29. The standard InChI is InChI=1S/C14H17ClN4/c15-14-9-17-13(8-18-14)11-19(7-6-16)10-12-4-2-1-3-5-12/h1-5,8-9H,6-7,10-11,16H2. The summed E-state index contributed by atoms with van der Waals surface area (Å²) < 4.78 is 0. The normalized spacial score (nSPS) is 10.9. The van der Waals surface area contributed by atoms with Gasteiger partial charge in [0, 0.05) is 26.2 Å². The van der Waals surface area contributed by atoms with Gasteiger partial charge in [0.1, 0.15) is 5.15 Å². The molecule has 0 atom stereocenters. The van der Waals surface area contributed by atoms with E-state index in [0.717, 1.165) is 25.3 Å². The lowest BCUT2D eigenvalue weighted by atomic mass is 10.2. The topological polar surface area (TPSA) is 55.0 Å². The highest BCUT2D eigenvalue weighted by molar-refractivity contribution is 6.29. The van der Waals surface area contributed by atoms with Crippen LogP contribution in [0.4, 0.5) is 0 Å². The molecule has 0 saturated carbocycles. The van der Waals surface area contributed by atoms with E-state index in [1.54, 1.807) is 12.4 Å². The zero-order chi connectivity index (χ0) is 13.5. The van der Waals surface area contributed by atoms with Crippen molar-refractivity contribution in [1.82, 2.24) is 14.9 Å². The van der Waals surface area contributed by atoms with Gasteiger partial charge in [0.25, 0.3) is 0 Å². The number of halogens is 1. The van der Waals surface area contributed by atoms with Crippen LogP contribution in [0.1, 0.15) is 11.3 Å². The van der Waals surface area contributed by atoms with Gasteiger partial charge in [0.2, 0.25) is 0 Å². The average Bonchev–Trinajstić information content (AvgIpc) is 2.43. The van der Waals surface area contributed by atoms with Crippen LogP contribution in [-0.4, -0.2) is 28.0 Å². The summed E-state index contributed by atoms with van der Waals surface area (Å²) in [6.45, 7) is 3.01. The van der Waals surface area contributed by atoms with Crippen molar-refractivity contribution >= 4 is 11.6 Å². The predicted octanol–water partition coefficient (Wildman–Crippen LogP) is 2.09. The average molecular weight is 277 g/mol. The van der Waals surface area contributed by atoms with Crippen molar-refractivity contribution in [2.24, 2.45) is 5.73 Å². The van der Waals surface area contributed by atoms with Crippen LogP contribution in [0.15, 0.2) is 42.7 Å². The Labute approximate surface area is 118 Å². The predicted molar refractivity (Wildman–Crippen MR) is 76.7 cm³/mol. The lowest BCUT2D eigenvalue weighted by molar-refractivity contribution is 0.261. The summed E-state index contributed by atoms with van der Waals surface area (Å²) >= 11 is 5.73. The van der Waals surface area contributed by atoms with E-state index in [-0.39, 0.29) is 0 Å². The molecule has 0 aliphatic heterocycles. The van der Waals surface area contributed by atoms with Gasteiger partial charge in [-0.15, -0.1) is 0 Å². The Morgan fingerprint density at radius 3 is 2.47 bits per heavy atom. The molecule has 19 heavy (non-hydrogen) atoms. The van der Waals surface area contributed by atoms with Gasteiger partial charge in [-0.05, 0) is 5.56 Å². The highest BCUT2D eigenvalue weighted by Gasteiger charge is 2.07. The van der Waals surface area contributed by atoms with Gasteiger partial charge in [0.05, 0.1) is 18.1 Å². The van der Waals surface area contributed by atoms with Gasteiger partial charge >= 0.3 is 0 Å². The van der Waals surface area contributed by atoms with E-state index in [0.29, 0.717) is 11.7 Å². The van der Waals surface area contributed by atoms with E-state index >= 15 is 0 Å². The first-order valence-electron chi connectivity index (χ1n) is 6.20. The molecule has 4 nitrogen and oxygen atoms in total. The number of hydrogen-bond donors (Lipinski definition) is 1. The number of nitrogens with two attached hydrogens (primary N) is 1. The van der Waals surface area contributed by atoms with Crippen molar-refractivity contribution < 1.29 is 0 Å². The van der Waals surface area contributed by atoms with E-state index in [2.05, 4.69) is 27.0 Å². The second-order valence-electron chi connectivity index (χ2n) is 4.32. The fourth-order valence-electron chi connectivity index (χ4n) is 1.89. The SMILES string of the molecule is NCCN(Cc1ccccc1)Cc1cnc(Cl)cn1. The molecule has 1 aromatic heterocycles. The summed E-state index contributed by atoms with van der Waals surface area (Å²) in [5.41, 5.74) is 7.82. The first-order chi connectivity index (χ1) is 9.28. The number of hydrogen-bond acceptors (Lipinski definition) is 4. The largest absolute Gasteiger partial charge is 0.329 e. The molecule has 2 rings (SSSR count). The zero-order valence-electron chi connectivity index (χ0n) is 10.7. The Morgan fingerprint density at radius 1 is 1.05 bits per heavy atom. The Morgan fingerprint density at radius 2 is 1.84 bits per heavy atom. The fraction of sp³-hybridized carbons (Fsp3) is 0.286. The zero-order valence-corrected chi connectivity index (χ0v) is 11.4. The maximum Gasteiger partial charge on any atom is 0.147 e. The second kappa shape index (κ2) is 7.19. The summed E-state index contributed by atoms with van der Waals surface area (Å²) in [4.78, 5) is 10.6. The van der Waals surface area contributed by atoms with E-state index < -0.39 is 0 Å². The monoisotopic (exact) mass is 276 g/mol. The van der Waals surface area contributed by atoms with E-state index in [1.807, 2.05) is 18.2 Å². The molecule has 2 aromatic rings. The number of benzene rings is 1. The van der Waals surface area contributed by atoms with Crippen molar-refractivity contribution in [3.63, 3.8) is 0 Å². The third-order valence-electron chi connectivity index (χ3n) is 2.75. The summed E-state index contributed by atoms with van der Waals surface area (Å²) in [6, 6.07) is 10.3. The number of aromatic nitrogens is 2. The minimum absolute atomic E-state index is 0.414. The molecule has 100 valence electrons. The van der Waals surface area contributed by atoms with Crippen molar-refractivity contribution in [2.75, 3.05) is 13.1 Å². The summed E-state index contributed by atoms with van der Waals surface area (Å²) in [5, 5.41) is 0.414. The molecule has 1 heterocycles. The van der Waals surface area contributed by atoms with Gasteiger partial charge in [-0.1, -0.05) is 41.9 Å². The van der Waals surface area contributed by atoms with E-state index in [4.69, 9.17) is 17.3 Å². The third-order valence-corrected chi connectivity index (χ3v) is 2.95. The minimum Gasteiger partial charge on any atom is -0.329 e. The van der Waals surface area contributed by atoms with Crippen LogP contribution in [0.5, 0.6) is 0 Å². The Bertz CT molecular complexity index is 487. The molecule has 0 saturated heterocycles. The molecule has 0 aliphatic carbocycles. The van der Waals surface area contributed by atoms with Gasteiger partial charge < -0.3 is 5.73 Å². The highest BCUT2D eigenvalue weighted by atomic mass is 35.5. The van der Waals surface area contributed by atoms with Gasteiger partial charge in [0.15, 0.2) is 0 Å². The summed E-state index contributed by atoms with van der Waals surface area (Å²) in [7, 11) is 0. The quantitative estimate of drug-likeness (QED) is 0.878. The molecular formula is C14H17ClN4. The summed E-state index contributed by atoms with van der Waals surface area (Å²) in [5.74, 6) is 0. The molecule has 0 spiro atoms. The van der Waals surface area contributed by atoms with Crippen LogP contribution < -0.4 is 5.73 Å². The molecule has 0 fully saturated rings. The number of nitrogens with zero attached hydrogens (tertiary/aromatic N) is 3. The van der Waals surface area contributed by atoms with Crippen molar-refractivity contribution in [3.05, 3.63) is 59.1 Å². The first kappa shape index (κ1) is 13.9. The van der Waals surface area contributed by atoms with Crippen molar-refractivity contribution in [1.29, 1.82) is 0 Å². The van der Waals surface area contributed by atoms with Gasteiger partial charge in [-0.2, -0.15) is 0 Å². The molecular weight excluding hydrogens is 260 g/mol. The van der Waals surface area contributed by atoms with E-state index in [9.17, 15) is 0 Å². The fourth-order valence-corrected chi connectivity index (χ4v) is 1.99. The molecule has 2 N–H and O–H groups in total. The van der Waals surface area contributed by atoms with Crippen molar-refractivity contribution in [3.8, 4) is 0 Å². The minimum atomic E-state index is 0.414. The Balaban J connectivity index is 2.01. The molecule has 0 bridgehead atoms. The highest BCUT2D eigenvalue weighted by Crippen LogP contribution is 2.08. The summed E-state index contributed by atoms with van der Waals surface area (Å²) in [6.07, 6.45) is 3.27. The third kappa shape index (κ3) is 4.59. The maximum absolute atomic E-state index is 5.73. The van der Waals surface area contributed by atoms with Crippen molar-refractivity contribution in [2.45, 2.75) is 13.1 Å². The first-order valence-corrected chi connectivity index (χ1v) is 6.58. The van der Waals surface area contributed by atoms with Crippen LogP contribution in [0.3, 0.4) is 0 Å². The van der Waals surface area contributed by atoms with Crippen LogP contribution in [0.25, 0.3) is 0 Å². The lowest BCUT2D eigenvalue weighted by Gasteiger charge is -2.21. The molecule has 5 heteroatoms. The molecule has 1 aromatic carbocycles. The Hall–Kier alpha value is -1.49. The van der Waals surface area contributed by atoms with Crippen LogP contribution in [0, 0.1) is 0 Å². The van der Waals surface area contributed by atoms with Crippen LogP contribution in [-0.2, 0) is 13.1 Å². The molecule has 0 unspecified atom stereocenters. The smallest absolute Gasteiger partial charge is 0.147 e. The number of rotatable bonds is 6. The van der Waals surface area contributed by atoms with Crippen LogP contribution in [0.2, 0.25) is 5.15 Å². The van der Waals surface area contributed by atoms with Crippen LogP contribution >= 0.6 is 11.6 Å². The maximum atomic E-state index is 5.73. The van der Waals surface area contributed by atoms with Gasteiger partial charge in [-0.3, -0.25) is 9.88 Å². The molecule has 0 aliphatic rings. The molecule has 0 amide bonds. The van der Waals surface area contributed by atoms with E-state index in [1.165, 1.54) is 5.56 Å². The Kier molecular flexibility index (Phi) is 5.27. The second-order valence-corrected chi connectivity index (χ2v) is 4.70. The molecule has 0 radical (unpaired) electrons. The van der Waals surface area contributed by atoms with Gasteiger partial charge in [-0.25, -0.2) is 4.98 Å².